The van der Waals surface area contributed by atoms with Gasteiger partial charge in [0.25, 0.3) is 5.91 Å². The van der Waals surface area contributed by atoms with Gasteiger partial charge in [0.1, 0.15) is 5.60 Å². The van der Waals surface area contributed by atoms with E-state index in [4.69, 9.17) is 0 Å². The fourth-order valence-electron chi connectivity index (χ4n) is 1.92. The first-order valence-electron chi connectivity index (χ1n) is 7.32. The molecule has 1 amide bonds. The summed E-state index contributed by atoms with van der Waals surface area (Å²) >= 11 is 1.51. The fourth-order valence-corrected chi connectivity index (χ4v) is 2.70. The van der Waals surface area contributed by atoms with E-state index in [-0.39, 0.29) is 18.1 Å². The standard InChI is InChI=1S/C15H22N4O2S/c1-11(2)4-6-19-8-13(17-18-19)14(20)16-10-15(3,21)12-5-7-22-9-12/h5,7-9,11,21H,4,6,10H2,1-3H3,(H,16,20). The molecule has 1 atom stereocenters. The lowest BCUT2D eigenvalue weighted by Gasteiger charge is -2.22. The van der Waals surface area contributed by atoms with Crippen molar-refractivity contribution in [2.24, 2.45) is 5.92 Å². The summed E-state index contributed by atoms with van der Waals surface area (Å²) < 4.78 is 1.67. The Hall–Kier alpha value is -1.73. The summed E-state index contributed by atoms with van der Waals surface area (Å²) in [7, 11) is 0. The fraction of sp³-hybridized carbons (Fsp3) is 0.533. The summed E-state index contributed by atoms with van der Waals surface area (Å²) in [5.74, 6) is 0.244. The van der Waals surface area contributed by atoms with Crippen LogP contribution in [0.1, 0.15) is 43.2 Å². The highest BCUT2D eigenvalue weighted by Crippen LogP contribution is 2.22. The second-order valence-corrected chi connectivity index (χ2v) is 6.80. The maximum absolute atomic E-state index is 12.1. The van der Waals surface area contributed by atoms with Gasteiger partial charge in [-0.25, -0.2) is 0 Å². The van der Waals surface area contributed by atoms with E-state index in [1.807, 2.05) is 16.8 Å². The van der Waals surface area contributed by atoms with E-state index in [0.717, 1.165) is 18.5 Å². The summed E-state index contributed by atoms with van der Waals surface area (Å²) in [5, 5.41) is 24.7. The Balaban J connectivity index is 1.90. The number of amides is 1. The van der Waals surface area contributed by atoms with Crippen molar-refractivity contribution in [3.8, 4) is 0 Å². The third-order valence-corrected chi connectivity index (χ3v) is 4.13. The number of carbonyl (C=O) groups is 1. The SMILES string of the molecule is CC(C)CCn1cc(C(=O)NCC(C)(O)c2ccsc2)nn1. The number of rotatable bonds is 7. The smallest absolute Gasteiger partial charge is 0.273 e. The highest BCUT2D eigenvalue weighted by atomic mass is 32.1. The monoisotopic (exact) mass is 322 g/mol. The number of hydrogen-bond acceptors (Lipinski definition) is 5. The molecule has 2 rings (SSSR count). The van der Waals surface area contributed by atoms with Gasteiger partial charge in [-0.15, -0.1) is 5.10 Å². The zero-order valence-corrected chi connectivity index (χ0v) is 13.9. The second kappa shape index (κ2) is 7.02. The van der Waals surface area contributed by atoms with Crippen molar-refractivity contribution in [3.05, 3.63) is 34.3 Å². The van der Waals surface area contributed by atoms with Gasteiger partial charge >= 0.3 is 0 Å². The molecule has 6 nitrogen and oxygen atoms in total. The topological polar surface area (TPSA) is 80.0 Å². The molecule has 7 heteroatoms. The van der Waals surface area contributed by atoms with Crippen LogP contribution in [0.25, 0.3) is 0 Å². The molecular weight excluding hydrogens is 300 g/mol. The van der Waals surface area contributed by atoms with Gasteiger partial charge in [0.2, 0.25) is 0 Å². The number of aromatic nitrogens is 3. The van der Waals surface area contributed by atoms with Crippen molar-refractivity contribution in [2.75, 3.05) is 6.54 Å². The second-order valence-electron chi connectivity index (χ2n) is 6.02. The summed E-state index contributed by atoms with van der Waals surface area (Å²) in [6, 6.07) is 1.85. The normalized spacial score (nSPS) is 14.0. The van der Waals surface area contributed by atoms with E-state index in [2.05, 4.69) is 29.5 Å². The number of nitrogens with one attached hydrogen (secondary N) is 1. The van der Waals surface area contributed by atoms with Gasteiger partial charge in [0.05, 0.1) is 12.7 Å². The van der Waals surface area contributed by atoms with Gasteiger partial charge in [0, 0.05) is 6.54 Å². The van der Waals surface area contributed by atoms with E-state index >= 15 is 0 Å². The first kappa shape index (κ1) is 16.6. The molecule has 0 spiro atoms. The van der Waals surface area contributed by atoms with Crippen molar-refractivity contribution < 1.29 is 9.90 Å². The molecule has 0 aliphatic carbocycles. The Bertz CT molecular complexity index is 605. The third-order valence-electron chi connectivity index (χ3n) is 3.44. The molecular formula is C15H22N4O2S. The number of nitrogens with zero attached hydrogens (tertiary/aromatic N) is 3. The lowest BCUT2D eigenvalue weighted by atomic mass is 9.99. The van der Waals surface area contributed by atoms with E-state index in [1.165, 1.54) is 11.3 Å². The first-order chi connectivity index (χ1) is 10.4. The van der Waals surface area contributed by atoms with Crippen molar-refractivity contribution in [1.82, 2.24) is 20.3 Å². The minimum atomic E-state index is -1.09. The van der Waals surface area contributed by atoms with Crippen LogP contribution >= 0.6 is 11.3 Å². The summed E-state index contributed by atoms with van der Waals surface area (Å²) in [6.45, 7) is 6.81. The number of carbonyl (C=O) groups excluding carboxylic acids is 1. The minimum Gasteiger partial charge on any atom is -0.384 e. The Morgan fingerprint density at radius 3 is 2.95 bits per heavy atom. The van der Waals surface area contributed by atoms with Gasteiger partial charge in [0.15, 0.2) is 5.69 Å². The van der Waals surface area contributed by atoms with Gasteiger partial charge in [-0.2, -0.15) is 11.3 Å². The van der Waals surface area contributed by atoms with Crippen LogP contribution in [0.5, 0.6) is 0 Å². The number of aliphatic hydroxyl groups is 1. The minimum absolute atomic E-state index is 0.126. The lowest BCUT2D eigenvalue weighted by molar-refractivity contribution is 0.0528. The van der Waals surface area contributed by atoms with Crippen LogP contribution in [0.3, 0.4) is 0 Å². The maximum atomic E-state index is 12.1. The molecule has 2 aromatic rings. The van der Waals surface area contributed by atoms with Gasteiger partial charge in [-0.3, -0.25) is 9.48 Å². The van der Waals surface area contributed by atoms with E-state index in [9.17, 15) is 9.90 Å². The quantitative estimate of drug-likeness (QED) is 0.817. The average molecular weight is 322 g/mol. The van der Waals surface area contributed by atoms with Gasteiger partial charge < -0.3 is 10.4 Å². The van der Waals surface area contributed by atoms with Crippen molar-refractivity contribution in [3.63, 3.8) is 0 Å². The molecule has 0 aromatic carbocycles. The molecule has 1 unspecified atom stereocenters. The van der Waals surface area contributed by atoms with Crippen LogP contribution in [0.15, 0.2) is 23.0 Å². The molecule has 0 aliphatic heterocycles. The van der Waals surface area contributed by atoms with Crippen molar-refractivity contribution in [2.45, 2.75) is 39.3 Å². The lowest BCUT2D eigenvalue weighted by Crippen LogP contribution is -2.38. The Morgan fingerprint density at radius 2 is 2.32 bits per heavy atom. The molecule has 0 saturated heterocycles. The number of thiophene rings is 1. The van der Waals surface area contributed by atoms with Crippen LogP contribution in [0.4, 0.5) is 0 Å². The van der Waals surface area contributed by atoms with Crippen molar-refractivity contribution >= 4 is 17.2 Å². The highest BCUT2D eigenvalue weighted by molar-refractivity contribution is 7.08. The highest BCUT2D eigenvalue weighted by Gasteiger charge is 2.25. The van der Waals surface area contributed by atoms with Crippen LogP contribution in [-0.4, -0.2) is 32.6 Å². The van der Waals surface area contributed by atoms with Gasteiger partial charge in [-0.1, -0.05) is 19.1 Å². The zero-order valence-electron chi connectivity index (χ0n) is 13.1. The molecule has 0 aliphatic rings. The molecule has 0 radical (unpaired) electrons. The van der Waals surface area contributed by atoms with Crippen LogP contribution in [0, 0.1) is 5.92 Å². The molecule has 0 bridgehead atoms. The predicted molar refractivity (Wildman–Crippen MR) is 85.7 cm³/mol. The summed E-state index contributed by atoms with van der Waals surface area (Å²) in [4.78, 5) is 12.1. The Labute approximate surface area is 134 Å². The first-order valence-corrected chi connectivity index (χ1v) is 8.26. The van der Waals surface area contributed by atoms with Crippen LogP contribution in [-0.2, 0) is 12.1 Å². The molecule has 0 saturated carbocycles. The predicted octanol–water partition coefficient (Wildman–Crippen LogP) is 2.02. The average Bonchev–Trinajstić information content (AvgIpc) is 3.13. The summed E-state index contributed by atoms with van der Waals surface area (Å²) in [6.07, 6.45) is 2.62. The molecule has 2 N–H and O–H groups in total. The molecule has 22 heavy (non-hydrogen) atoms. The number of hydrogen-bond donors (Lipinski definition) is 2. The molecule has 2 aromatic heterocycles. The largest absolute Gasteiger partial charge is 0.384 e. The summed E-state index contributed by atoms with van der Waals surface area (Å²) in [5.41, 5.74) is -0.0354. The Morgan fingerprint density at radius 1 is 1.55 bits per heavy atom. The molecule has 120 valence electrons. The van der Waals surface area contributed by atoms with Crippen LogP contribution in [0.2, 0.25) is 0 Å². The zero-order chi connectivity index (χ0) is 16.2. The maximum Gasteiger partial charge on any atom is 0.273 e. The Kier molecular flexibility index (Phi) is 5.31. The third kappa shape index (κ3) is 4.38. The van der Waals surface area contributed by atoms with Crippen LogP contribution < -0.4 is 5.32 Å². The van der Waals surface area contributed by atoms with E-state index in [0.29, 0.717) is 5.92 Å². The molecule has 0 fully saturated rings. The number of aryl methyl sites for hydroxylation is 1. The van der Waals surface area contributed by atoms with Crippen molar-refractivity contribution in [1.29, 1.82) is 0 Å². The molecule has 2 heterocycles. The van der Waals surface area contributed by atoms with E-state index < -0.39 is 5.60 Å². The van der Waals surface area contributed by atoms with Gasteiger partial charge in [-0.05, 0) is 41.7 Å². The van der Waals surface area contributed by atoms with E-state index in [1.54, 1.807) is 17.8 Å².